The largest absolute Gasteiger partial charge is 0.337 e. The van der Waals surface area contributed by atoms with Crippen LogP contribution < -0.4 is 0 Å². The molecule has 4 rings (SSSR count). The highest BCUT2D eigenvalue weighted by Crippen LogP contribution is 2.33. The molecule has 0 spiro atoms. The Morgan fingerprint density at radius 1 is 1.32 bits per heavy atom. The molecule has 1 saturated carbocycles. The van der Waals surface area contributed by atoms with Crippen molar-refractivity contribution in [3.8, 4) is 0 Å². The molecular formula is C19H26N4O3S2. The Morgan fingerprint density at radius 3 is 2.71 bits per heavy atom. The van der Waals surface area contributed by atoms with Crippen molar-refractivity contribution in [1.82, 2.24) is 18.8 Å². The average Bonchev–Trinajstić information content (AvgIpc) is 3.30. The second-order valence-corrected chi connectivity index (χ2v) is 11.2. The molecule has 0 bridgehead atoms. The number of thiophene rings is 1. The fourth-order valence-corrected chi connectivity index (χ4v) is 6.71. The number of amides is 1. The first-order chi connectivity index (χ1) is 13.4. The van der Waals surface area contributed by atoms with E-state index in [0.29, 0.717) is 23.7 Å². The van der Waals surface area contributed by atoms with Crippen LogP contribution in [0.3, 0.4) is 0 Å². The maximum absolute atomic E-state index is 13.3. The van der Waals surface area contributed by atoms with Crippen LogP contribution in [0.4, 0.5) is 0 Å². The predicted molar refractivity (Wildman–Crippen MR) is 107 cm³/mol. The minimum absolute atomic E-state index is 0.0627. The van der Waals surface area contributed by atoms with Gasteiger partial charge in [0.15, 0.2) is 0 Å². The van der Waals surface area contributed by atoms with E-state index in [9.17, 15) is 13.2 Å². The van der Waals surface area contributed by atoms with Gasteiger partial charge in [0.1, 0.15) is 10.0 Å². The molecule has 1 saturated heterocycles. The van der Waals surface area contributed by atoms with Gasteiger partial charge in [-0.3, -0.25) is 4.79 Å². The van der Waals surface area contributed by atoms with Gasteiger partial charge in [0.05, 0.1) is 12.5 Å². The predicted octanol–water partition coefficient (Wildman–Crippen LogP) is 2.38. The van der Waals surface area contributed by atoms with Crippen LogP contribution in [0, 0.1) is 12.8 Å². The van der Waals surface area contributed by atoms with Crippen molar-refractivity contribution in [3.63, 3.8) is 0 Å². The lowest BCUT2D eigenvalue weighted by Gasteiger charge is -2.34. The molecule has 152 valence electrons. The highest BCUT2D eigenvalue weighted by atomic mass is 32.2. The van der Waals surface area contributed by atoms with E-state index in [1.807, 2.05) is 35.7 Å². The fourth-order valence-electron chi connectivity index (χ4n) is 3.75. The number of piperidine rings is 1. The van der Waals surface area contributed by atoms with Gasteiger partial charge in [-0.2, -0.15) is 4.31 Å². The summed E-state index contributed by atoms with van der Waals surface area (Å²) in [6, 6.07) is 3.75. The van der Waals surface area contributed by atoms with Crippen LogP contribution in [0.5, 0.6) is 0 Å². The van der Waals surface area contributed by atoms with E-state index in [4.69, 9.17) is 0 Å². The second-order valence-electron chi connectivity index (χ2n) is 7.72. The van der Waals surface area contributed by atoms with Gasteiger partial charge in [-0.25, -0.2) is 13.4 Å². The summed E-state index contributed by atoms with van der Waals surface area (Å²) >= 11 is 1.29. The summed E-state index contributed by atoms with van der Waals surface area (Å²) in [5.41, 5.74) is 0. The molecule has 2 fully saturated rings. The molecule has 1 unspecified atom stereocenters. The van der Waals surface area contributed by atoms with Crippen molar-refractivity contribution in [2.75, 3.05) is 13.1 Å². The number of carbonyl (C=O) groups excluding carboxylic acids is 1. The normalized spacial score (nSPS) is 21.0. The van der Waals surface area contributed by atoms with Crippen molar-refractivity contribution in [3.05, 3.63) is 35.2 Å². The zero-order valence-electron chi connectivity index (χ0n) is 16.2. The monoisotopic (exact) mass is 422 g/mol. The average molecular weight is 423 g/mol. The topological polar surface area (TPSA) is 75.5 Å². The molecule has 7 nitrogen and oxygen atoms in total. The van der Waals surface area contributed by atoms with Crippen LogP contribution in [-0.2, 0) is 28.4 Å². The molecule has 28 heavy (non-hydrogen) atoms. The van der Waals surface area contributed by atoms with Crippen LogP contribution in [0.15, 0.2) is 28.7 Å². The van der Waals surface area contributed by atoms with Gasteiger partial charge < -0.3 is 9.47 Å². The third-order valence-corrected chi connectivity index (χ3v) is 8.88. The zero-order valence-corrected chi connectivity index (χ0v) is 17.9. The van der Waals surface area contributed by atoms with Crippen molar-refractivity contribution >= 4 is 27.3 Å². The zero-order chi connectivity index (χ0) is 19.9. The lowest BCUT2D eigenvalue weighted by atomic mass is 9.98. The number of nitrogens with zero attached hydrogens (tertiary/aromatic N) is 4. The molecule has 3 heterocycles. The van der Waals surface area contributed by atoms with E-state index in [-0.39, 0.29) is 24.4 Å². The molecule has 1 aliphatic heterocycles. The van der Waals surface area contributed by atoms with E-state index in [1.54, 1.807) is 12.3 Å². The molecular weight excluding hydrogens is 396 g/mol. The van der Waals surface area contributed by atoms with Crippen molar-refractivity contribution < 1.29 is 13.2 Å². The lowest BCUT2D eigenvalue weighted by Crippen LogP contribution is -2.47. The summed E-state index contributed by atoms with van der Waals surface area (Å²) in [6.45, 7) is 3.13. The Morgan fingerprint density at radius 2 is 2.11 bits per heavy atom. The number of rotatable bonds is 6. The second kappa shape index (κ2) is 7.61. The molecule has 2 aromatic rings. The molecule has 0 aromatic carbocycles. The molecule has 1 amide bonds. The number of aryl methyl sites for hydroxylation is 2. The van der Waals surface area contributed by atoms with Crippen LogP contribution >= 0.6 is 11.3 Å². The van der Waals surface area contributed by atoms with E-state index < -0.39 is 10.0 Å². The molecule has 1 atom stereocenters. The summed E-state index contributed by atoms with van der Waals surface area (Å²) in [5.74, 6) is 0.632. The van der Waals surface area contributed by atoms with Crippen LogP contribution in [0.25, 0.3) is 0 Å². The smallest absolute Gasteiger partial charge is 0.252 e. The number of hydrogen-bond donors (Lipinski definition) is 0. The van der Waals surface area contributed by atoms with Gasteiger partial charge in [0.2, 0.25) is 5.91 Å². The standard InChI is InChI=1S/C19H26N4O3S2/c1-14-5-8-18(27-14)28(25,26)22-10-3-4-15(12-22)19(24)23(16-6-7-16)13-17-20-9-11-21(17)2/h5,8-9,11,15-16H,3-4,6-7,10,12-13H2,1-2H3. The Hall–Kier alpha value is -1.71. The van der Waals surface area contributed by atoms with Crippen LogP contribution in [-0.4, -0.2) is 52.2 Å². The maximum Gasteiger partial charge on any atom is 0.252 e. The van der Waals surface area contributed by atoms with Crippen LogP contribution in [0.2, 0.25) is 0 Å². The Balaban J connectivity index is 1.50. The summed E-state index contributed by atoms with van der Waals surface area (Å²) in [4.78, 5) is 20.5. The number of hydrogen-bond acceptors (Lipinski definition) is 5. The third kappa shape index (κ3) is 3.88. The number of imidazole rings is 1. The van der Waals surface area contributed by atoms with Crippen molar-refractivity contribution in [2.24, 2.45) is 13.0 Å². The van der Waals surface area contributed by atoms with Gasteiger partial charge in [0.25, 0.3) is 10.0 Å². The van der Waals surface area contributed by atoms with E-state index in [2.05, 4.69) is 4.98 Å². The summed E-state index contributed by atoms with van der Waals surface area (Å²) in [5, 5.41) is 0. The van der Waals surface area contributed by atoms with Crippen molar-refractivity contribution in [1.29, 1.82) is 0 Å². The quantitative estimate of drug-likeness (QED) is 0.716. The van der Waals surface area contributed by atoms with Crippen molar-refractivity contribution in [2.45, 2.75) is 49.4 Å². The first-order valence-electron chi connectivity index (χ1n) is 9.69. The molecule has 2 aromatic heterocycles. The molecule has 0 N–H and O–H groups in total. The number of sulfonamides is 1. The van der Waals surface area contributed by atoms with Gasteiger partial charge in [-0.15, -0.1) is 11.3 Å². The SMILES string of the molecule is Cc1ccc(S(=O)(=O)N2CCCC(C(=O)N(Cc3nccn3C)C3CC3)C2)s1. The Labute approximate surface area is 170 Å². The fraction of sp³-hybridized carbons (Fsp3) is 0.579. The molecule has 2 aliphatic rings. The van der Waals surface area contributed by atoms with E-state index in [0.717, 1.165) is 30.0 Å². The summed E-state index contributed by atoms with van der Waals surface area (Å²) in [6.07, 6.45) is 7.09. The first-order valence-corrected chi connectivity index (χ1v) is 11.9. The highest BCUT2D eigenvalue weighted by molar-refractivity contribution is 7.91. The van der Waals surface area contributed by atoms with Gasteiger partial charge in [-0.1, -0.05) is 0 Å². The molecule has 0 radical (unpaired) electrons. The summed E-state index contributed by atoms with van der Waals surface area (Å²) in [7, 11) is -1.60. The summed E-state index contributed by atoms with van der Waals surface area (Å²) < 4.78 is 29.8. The van der Waals surface area contributed by atoms with Gasteiger partial charge >= 0.3 is 0 Å². The minimum atomic E-state index is -3.53. The number of aromatic nitrogens is 2. The highest BCUT2D eigenvalue weighted by Gasteiger charge is 2.40. The first kappa shape index (κ1) is 19.6. The minimum Gasteiger partial charge on any atom is -0.337 e. The van der Waals surface area contributed by atoms with E-state index >= 15 is 0 Å². The van der Waals surface area contributed by atoms with Gasteiger partial charge in [-0.05, 0) is 44.7 Å². The van der Waals surface area contributed by atoms with Gasteiger partial charge in [0, 0.05) is 43.4 Å². The molecule has 9 heteroatoms. The third-order valence-electron chi connectivity index (χ3n) is 5.55. The number of carbonyl (C=O) groups is 1. The van der Waals surface area contributed by atoms with E-state index in [1.165, 1.54) is 15.6 Å². The maximum atomic E-state index is 13.3. The Kier molecular flexibility index (Phi) is 5.32. The van der Waals surface area contributed by atoms with Crippen LogP contribution in [0.1, 0.15) is 36.4 Å². The lowest BCUT2D eigenvalue weighted by molar-refractivity contribution is -0.138. The molecule has 1 aliphatic carbocycles. The Bertz CT molecular complexity index is 961.